The van der Waals surface area contributed by atoms with Crippen LogP contribution < -0.4 is 0 Å². The van der Waals surface area contributed by atoms with Crippen LogP contribution in [0.25, 0.3) is 0 Å². The van der Waals surface area contributed by atoms with Gasteiger partial charge in [0.2, 0.25) is 0 Å². The Hall–Kier alpha value is -1.43. The van der Waals surface area contributed by atoms with Crippen molar-refractivity contribution >= 4 is 17.7 Å². The lowest BCUT2D eigenvalue weighted by Crippen LogP contribution is -2.48. The van der Waals surface area contributed by atoms with Gasteiger partial charge in [0.05, 0.1) is 5.92 Å². The van der Waals surface area contributed by atoms with Crippen molar-refractivity contribution < 1.29 is 23.9 Å². The molecule has 6 nitrogen and oxygen atoms in total. The number of ketones is 2. The molecule has 6 heteroatoms. The van der Waals surface area contributed by atoms with Crippen LogP contribution in [0, 0.1) is 11.8 Å². The van der Waals surface area contributed by atoms with Gasteiger partial charge in [-0.3, -0.25) is 9.59 Å². The number of ether oxygens (including phenoxy) is 2. The number of rotatable bonds is 3. The quantitative estimate of drug-likeness (QED) is 0.744. The van der Waals surface area contributed by atoms with Gasteiger partial charge in [-0.25, -0.2) is 4.79 Å². The van der Waals surface area contributed by atoms with E-state index >= 15 is 0 Å². The van der Waals surface area contributed by atoms with E-state index in [4.69, 9.17) is 9.47 Å². The first-order valence-corrected chi connectivity index (χ1v) is 8.37. The maximum atomic E-state index is 12.5. The number of carbonyl (C=O) groups is 3. The molecule has 2 saturated heterocycles. The third kappa shape index (κ3) is 5.30. The molecule has 0 bridgehead atoms. The van der Waals surface area contributed by atoms with Gasteiger partial charge in [0.1, 0.15) is 17.2 Å². The number of carbonyl (C=O) groups excluding carboxylic acids is 3. The van der Waals surface area contributed by atoms with Crippen molar-refractivity contribution in [3.05, 3.63) is 0 Å². The lowest BCUT2D eigenvalue weighted by Gasteiger charge is -2.33. The summed E-state index contributed by atoms with van der Waals surface area (Å²) in [7, 11) is 0. The molecule has 2 aliphatic heterocycles. The highest BCUT2D eigenvalue weighted by Gasteiger charge is 2.36. The van der Waals surface area contributed by atoms with E-state index in [2.05, 4.69) is 0 Å². The molecule has 0 radical (unpaired) electrons. The fraction of sp³-hybridized carbons (Fsp3) is 0.824. The highest BCUT2D eigenvalue weighted by molar-refractivity contribution is 6.03. The minimum atomic E-state index is -0.695. The molecule has 0 aromatic carbocycles. The highest BCUT2D eigenvalue weighted by atomic mass is 16.6. The Labute approximate surface area is 137 Å². The monoisotopic (exact) mass is 325 g/mol. The van der Waals surface area contributed by atoms with Crippen molar-refractivity contribution in [2.24, 2.45) is 11.8 Å². The summed E-state index contributed by atoms with van der Waals surface area (Å²) in [6.07, 6.45) is 1.91. The highest BCUT2D eigenvalue weighted by Crippen LogP contribution is 2.24. The number of Topliss-reactive ketones (excluding diaryl/α,β-unsaturated/α-hetero) is 2. The Bertz CT molecular complexity index is 462. The van der Waals surface area contributed by atoms with E-state index < -0.39 is 17.6 Å². The zero-order chi connectivity index (χ0) is 17.0. The first-order chi connectivity index (χ1) is 10.8. The van der Waals surface area contributed by atoms with Crippen molar-refractivity contribution in [1.82, 2.24) is 4.90 Å². The number of piperidine rings is 1. The molecule has 0 N–H and O–H groups in total. The van der Waals surface area contributed by atoms with E-state index in [1.54, 1.807) is 20.8 Å². The summed E-state index contributed by atoms with van der Waals surface area (Å²) < 4.78 is 10.6. The summed E-state index contributed by atoms with van der Waals surface area (Å²) >= 11 is 0. The van der Waals surface area contributed by atoms with E-state index in [9.17, 15) is 14.4 Å². The lowest BCUT2D eigenvalue weighted by molar-refractivity contribution is -0.136. The standard InChI is InChI=1S/C17H27NO5/c1-17(2,3)23-16(21)18-7-4-14(19)13(11-18)15(20)10-12-5-8-22-9-6-12/h12-13H,4-11H2,1-3H3. The molecular formula is C17H27NO5. The lowest BCUT2D eigenvalue weighted by atomic mass is 9.85. The van der Waals surface area contributed by atoms with Crippen molar-refractivity contribution in [2.75, 3.05) is 26.3 Å². The number of hydrogen-bond acceptors (Lipinski definition) is 5. The first kappa shape index (κ1) is 17.9. The molecule has 0 spiro atoms. The third-order valence-corrected chi connectivity index (χ3v) is 4.29. The smallest absolute Gasteiger partial charge is 0.410 e. The van der Waals surface area contributed by atoms with Crippen LogP contribution in [0.15, 0.2) is 0 Å². The van der Waals surface area contributed by atoms with Crippen LogP contribution in [0.1, 0.15) is 46.5 Å². The van der Waals surface area contributed by atoms with Gasteiger partial charge < -0.3 is 14.4 Å². The molecule has 23 heavy (non-hydrogen) atoms. The normalized spacial score (nSPS) is 23.7. The Balaban J connectivity index is 1.93. The summed E-state index contributed by atoms with van der Waals surface area (Å²) in [6, 6.07) is 0. The fourth-order valence-electron chi connectivity index (χ4n) is 2.98. The second-order valence-corrected chi connectivity index (χ2v) is 7.42. The van der Waals surface area contributed by atoms with Crippen LogP contribution in [-0.4, -0.2) is 54.5 Å². The van der Waals surface area contributed by atoms with E-state index in [1.165, 1.54) is 4.90 Å². The van der Waals surface area contributed by atoms with Gasteiger partial charge in [-0.15, -0.1) is 0 Å². The van der Waals surface area contributed by atoms with Gasteiger partial charge in [0.25, 0.3) is 0 Å². The molecule has 0 aromatic heterocycles. The zero-order valence-corrected chi connectivity index (χ0v) is 14.3. The molecule has 2 heterocycles. The average molecular weight is 325 g/mol. The van der Waals surface area contributed by atoms with Crippen molar-refractivity contribution in [3.63, 3.8) is 0 Å². The zero-order valence-electron chi connectivity index (χ0n) is 14.3. The van der Waals surface area contributed by atoms with Gasteiger partial charge in [-0.1, -0.05) is 0 Å². The Kier molecular flexibility index (Phi) is 5.79. The molecule has 1 atom stereocenters. The van der Waals surface area contributed by atoms with Crippen LogP contribution in [0.5, 0.6) is 0 Å². The van der Waals surface area contributed by atoms with Crippen LogP contribution in [-0.2, 0) is 19.1 Å². The Morgan fingerprint density at radius 2 is 1.91 bits per heavy atom. The predicted molar refractivity (Wildman–Crippen MR) is 84.1 cm³/mol. The molecule has 2 fully saturated rings. The summed E-state index contributed by atoms with van der Waals surface area (Å²) in [4.78, 5) is 38.2. The maximum Gasteiger partial charge on any atom is 0.410 e. The Morgan fingerprint density at radius 1 is 1.26 bits per heavy atom. The van der Waals surface area contributed by atoms with E-state index in [1.807, 2.05) is 0 Å². The van der Waals surface area contributed by atoms with E-state index in [0.717, 1.165) is 12.8 Å². The largest absolute Gasteiger partial charge is 0.444 e. The fourth-order valence-corrected chi connectivity index (χ4v) is 2.98. The molecule has 2 rings (SSSR count). The van der Waals surface area contributed by atoms with Gasteiger partial charge in [-0.2, -0.15) is 0 Å². The minimum Gasteiger partial charge on any atom is -0.444 e. The van der Waals surface area contributed by atoms with Gasteiger partial charge in [0, 0.05) is 39.1 Å². The van der Waals surface area contributed by atoms with Gasteiger partial charge in [0.15, 0.2) is 0 Å². The average Bonchev–Trinajstić information content (AvgIpc) is 2.46. The van der Waals surface area contributed by atoms with Gasteiger partial charge in [-0.05, 0) is 39.5 Å². The summed E-state index contributed by atoms with van der Waals surface area (Å²) in [5.74, 6) is -0.503. The SMILES string of the molecule is CC(C)(C)OC(=O)N1CCC(=O)C(C(=O)CC2CCOCC2)C1. The molecule has 0 aromatic rings. The van der Waals surface area contributed by atoms with E-state index in [-0.39, 0.29) is 24.5 Å². The first-order valence-electron chi connectivity index (χ1n) is 8.37. The summed E-state index contributed by atoms with van der Waals surface area (Å²) in [5, 5.41) is 0. The molecule has 0 aliphatic carbocycles. The second-order valence-electron chi connectivity index (χ2n) is 7.42. The molecule has 2 aliphatic rings. The molecule has 130 valence electrons. The number of amides is 1. The number of hydrogen-bond donors (Lipinski definition) is 0. The van der Waals surface area contributed by atoms with Crippen LogP contribution >= 0.6 is 0 Å². The van der Waals surface area contributed by atoms with Crippen LogP contribution in [0.3, 0.4) is 0 Å². The van der Waals surface area contributed by atoms with Crippen molar-refractivity contribution in [2.45, 2.75) is 52.1 Å². The topological polar surface area (TPSA) is 72.9 Å². The molecule has 1 unspecified atom stereocenters. The summed E-state index contributed by atoms with van der Waals surface area (Å²) in [5.41, 5.74) is -0.583. The third-order valence-electron chi connectivity index (χ3n) is 4.29. The van der Waals surface area contributed by atoms with Crippen molar-refractivity contribution in [3.8, 4) is 0 Å². The van der Waals surface area contributed by atoms with E-state index in [0.29, 0.717) is 32.1 Å². The second kappa shape index (κ2) is 7.43. The predicted octanol–water partition coefficient (Wildman–Crippen LogP) is 2.20. The minimum absolute atomic E-state index is 0.0461. The van der Waals surface area contributed by atoms with Crippen LogP contribution in [0.4, 0.5) is 4.79 Å². The van der Waals surface area contributed by atoms with Crippen molar-refractivity contribution in [1.29, 1.82) is 0 Å². The van der Waals surface area contributed by atoms with Crippen LogP contribution in [0.2, 0.25) is 0 Å². The number of nitrogens with zero attached hydrogens (tertiary/aromatic N) is 1. The molecule has 0 saturated carbocycles. The molecule has 1 amide bonds. The Morgan fingerprint density at radius 3 is 2.52 bits per heavy atom. The maximum absolute atomic E-state index is 12.5. The molecular weight excluding hydrogens is 298 g/mol. The summed E-state index contributed by atoms with van der Waals surface area (Å²) in [6.45, 7) is 7.24. The van der Waals surface area contributed by atoms with Gasteiger partial charge >= 0.3 is 6.09 Å². The number of likely N-dealkylation sites (tertiary alicyclic amines) is 1.